The molecular formula is C13H19NS. The normalized spacial score (nSPS) is 12.3. The van der Waals surface area contributed by atoms with Gasteiger partial charge in [0, 0.05) is 4.91 Å². The van der Waals surface area contributed by atoms with Gasteiger partial charge in [-0.05, 0) is 40.0 Å². The third-order valence-electron chi connectivity index (χ3n) is 1.71. The first-order valence-corrected chi connectivity index (χ1v) is 5.68. The molecule has 0 aromatic rings. The van der Waals surface area contributed by atoms with Gasteiger partial charge in [-0.15, -0.1) is 0 Å². The minimum atomic E-state index is 0.726. The van der Waals surface area contributed by atoms with Crippen molar-refractivity contribution in [3.8, 4) is 0 Å². The van der Waals surface area contributed by atoms with Crippen molar-refractivity contribution >= 4 is 18.5 Å². The molecule has 0 fully saturated rings. The molecule has 0 bridgehead atoms. The largest absolute Gasteiger partial charge is 0.258 e. The van der Waals surface area contributed by atoms with Crippen LogP contribution >= 0.6 is 11.8 Å². The molecule has 0 aromatic carbocycles. The summed E-state index contributed by atoms with van der Waals surface area (Å²) < 4.78 is 0. The first-order valence-electron chi connectivity index (χ1n) is 4.86. The van der Waals surface area contributed by atoms with Crippen LogP contribution in [0, 0.1) is 0 Å². The van der Waals surface area contributed by atoms with E-state index in [2.05, 4.69) is 50.4 Å². The Balaban J connectivity index is 4.89. The summed E-state index contributed by atoms with van der Waals surface area (Å²) in [5.74, 6) is 0. The van der Waals surface area contributed by atoms with Crippen LogP contribution in [0.15, 0.2) is 50.9 Å². The monoisotopic (exact) mass is 221 g/mol. The van der Waals surface area contributed by atoms with Gasteiger partial charge in [-0.25, -0.2) is 0 Å². The maximum atomic E-state index is 3.80. The highest BCUT2D eigenvalue weighted by Gasteiger charge is 2.03. The van der Waals surface area contributed by atoms with E-state index in [-0.39, 0.29) is 0 Å². The minimum absolute atomic E-state index is 0.726. The first-order chi connectivity index (χ1) is 7.04. The van der Waals surface area contributed by atoms with Gasteiger partial charge in [0.15, 0.2) is 0 Å². The fourth-order valence-electron chi connectivity index (χ4n) is 1.05. The highest BCUT2D eigenvalue weighted by atomic mass is 32.2. The van der Waals surface area contributed by atoms with Crippen molar-refractivity contribution in [3.05, 3.63) is 45.9 Å². The zero-order valence-electron chi connectivity index (χ0n) is 10.0. The molecular weight excluding hydrogens is 202 g/mol. The van der Waals surface area contributed by atoms with Crippen LogP contribution in [-0.4, -0.2) is 6.72 Å². The van der Waals surface area contributed by atoms with Crippen molar-refractivity contribution < 1.29 is 0 Å². The second-order valence-electron chi connectivity index (χ2n) is 3.27. The van der Waals surface area contributed by atoms with Gasteiger partial charge in [0.25, 0.3) is 0 Å². The fourth-order valence-corrected chi connectivity index (χ4v) is 1.78. The lowest BCUT2D eigenvalue weighted by molar-refractivity contribution is 1.36. The van der Waals surface area contributed by atoms with Crippen molar-refractivity contribution in [1.82, 2.24) is 0 Å². The van der Waals surface area contributed by atoms with Crippen LogP contribution in [-0.2, 0) is 0 Å². The van der Waals surface area contributed by atoms with Gasteiger partial charge in [0.2, 0.25) is 0 Å². The molecule has 0 aliphatic rings. The lowest BCUT2D eigenvalue weighted by Crippen LogP contribution is -1.83. The van der Waals surface area contributed by atoms with E-state index in [1.165, 1.54) is 11.1 Å². The van der Waals surface area contributed by atoms with E-state index in [0.29, 0.717) is 0 Å². The molecule has 2 heteroatoms. The third kappa shape index (κ3) is 5.43. The lowest BCUT2D eigenvalue weighted by atomic mass is 10.1. The number of aliphatic imine (C=N–C) groups is 1. The van der Waals surface area contributed by atoms with E-state index in [4.69, 9.17) is 0 Å². The topological polar surface area (TPSA) is 12.4 Å². The van der Waals surface area contributed by atoms with Crippen molar-refractivity contribution in [1.29, 1.82) is 0 Å². The maximum Gasteiger partial charge on any atom is 0.0928 e. The zero-order valence-corrected chi connectivity index (χ0v) is 10.8. The average molecular weight is 221 g/mol. The van der Waals surface area contributed by atoms with Crippen LogP contribution in [0.25, 0.3) is 0 Å². The summed E-state index contributed by atoms with van der Waals surface area (Å²) in [6.45, 7) is 15.5. The second-order valence-corrected chi connectivity index (χ2v) is 4.39. The van der Waals surface area contributed by atoms with Gasteiger partial charge >= 0.3 is 0 Å². The van der Waals surface area contributed by atoms with Gasteiger partial charge in [-0.1, -0.05) is 42.1 Å². The minimum Gasteiger partial charge on any atom is -0.258 e. The molecule has 82 valence electrons. The lowest BCUT2D eigenvalue weighted by Gasteiger charge is -2.07. The molecule has 0 N–H and O–H groups in total. The molecule has 0 unspecified atom stereocenters. The number of nitrogens with zero attached hydrogens (tertiary/aromatic N) is 1. The highest BCUT2D eigenvalue weighted by molar-refractivity contribution is 8.06. The SMILES string of the molecule is C=NC(=C)SC(=C\C)/C(C=C(C)C)=C/C. The van der Waals surface area contributed by atoms with E-state index in [1.807, 2.05) is 13.8 Å². The van der Waals surface area contributed by atoms with Gasteiger partial charge in [0.1, 0.15) is 0 Å². The van der Waals surface area contributed by atoms with E-state index in [0.717, 1.165) is 9.93 Å². The van der Waals surface area contributed by atoms with Crippen molar-refractivity contribution in [2.45, 2.75) is 27.7 Å². The van der Waals surface area contributed by atoms with E-state index in [1.54, 1.807) is 11.8 Å². The van der Waals surface area contributed by atoms with E-state index >= 15 is 0 Å². The van der Waals surface area contributed by atoms with Crippen LogP contribution in [0.2, 0.25) is 0 Å². The molecule has 1 nitrogen and oxygen atoms in total. The Bertz CT molecular complexity index is 328. The van der Waals surface area contributed by atoms with Crippen LogP contribution in [0.3, 0.4) is 0 Å². The van der Waals surface area contributed by atoms with Gasteiger partial charge in [-0.2, -0.15) is 0 Å². The summed E-state index contributed by atoms with van der Waals surface area (Å²) in [4.78, 5) is 4.96. The molecule has 0 atom stereocenters. The predicted molar refractivity (Wildman–Crippen MR) is 73.2 cm³/mol. The van der Waals surface area contributed by atoms with Crippen LogP contribution in [0.1, 0.15) is 27.7 Å². The standard InChI is InChI=1S/C13H19NS/c1-7-12(9-10(3)4)13(8-2)15-11(5)14-6/h7-9H,5-6H2,1-4H3/b12-7+,13-8-. The Morgan fingerprint density at radius 2 is 1.80 bits per heavy atom. The summed E-state index contributed by atoms with van der Waals surface area (Å²) in [5.41, 5.74) is 2.48. The smallest absolute Gasteiger partial charge is 0.0928 e. The van der Waals surface area contributed by atoms with E-state index < -0.39 is 0 Å². The Kier molecular flexibility index (Phi) is 6.80. The fraction of sp³-hybridized carbons (Fsp3) is 0.308. The second kappa shape index (κ2) is 7.30. The number of hydrogen-bond donors (Lipinski definition) is 0. The van der Waals surface area contributed by atoms with Gasteiger partial charge < -0.3 is 0 Å². The Hall–Kier alpha value is -1.02. The molecule has 0 radical (unpaired) electrons. The summed E-state index contributed by atoms with van der Waals surface area (Å²) in [7, 11) is 0. The van der Waals surface area contributed by atoms with Crippen LogP contribution < -0.4 is 0 Å². The predicted octanol–water partition coefficient (Wildman–Crippen LogP) is 4.71. The number of hydrogen-bond acceptors (Lipinski definition) is 2. The average Bonchev–Trinajstić information content (AvgIpc) is 2.22. The molecule has 0 spiro atoms. The molecule has 0 amide bonds. The highest BCUT2D eigenvalue weighted by Crippen LogP contribution is 2.31. The molecule has 15 heavy (non-hydrogen) atoms. The van der Waals surface area contributed by atoms with Crippen LogP contribution in [0.4, 0.5) is 0 Å². The van der Waals surface area contributed by atoms with Crippen molar-refractivity contribution in [2.24, 2.45) is 4.99 Å². The third-order valence-corrected chi connectivity index (χ3v) is 2.76. The quantitative estimate of drug-likeness (QED) is 0.484. The molecule has 0 saturated heterocycles. The molecule has 0 heterocycles. The summed E-state index contributed by atoms with van der Waals surface area (Å²) in [6.07, 6.45) is 6.31. The van der Waals surface area contributed by atoms with Gasteiger partial charge in [-0.3, -0.25) is 4.99 Å². The first kappa shape index (κ1) is 14.0. The summed E-state index contributed by atoms with van der Waals surface area (Å²) >= 11 is 1.54. The maximum absolute atomic E-state index is 3.80. The molecule has 0 aliphatic heterocycles. The molecule has 0 rings (SSSR count). The molecule has 0 aromatic heterocycles. The number of allylic oxidation sites excluding steroid dienone is 5. The van der Waals surface area contributed by atoms with Crippen LogP contribution in [0.5, 0.6) is 0 Å². The van der Waals surface area contributed by atoms with Gasteiger partial charge in [0.05, 0.1) is 5.03 Å². The Morgan fingerprint density at radius 3 is 2.13 bits per heavy atom. The summed E-state index contributed by atoms with van der Waals surface area (Å²) in [6, 6.07) is 0. The Labute approximate surface area is 97.4 Å². The van der Waals surface area contributed by atoms with Crippen molar-refractivity contribution in [3.63, 3.8) is 0 Å². The molecule has 0 saturated carbocycles. The number of rotatable bonds is 5. The Morgan fingerprint density at radius 1 is 1.20 bits per heavy atom. The van der Waals surface area contributed by atoms with E-state index in [9.17, 15) is 0 Å². The summed E-state index contributed by atoms with van der Waals surface area (Å²) in [5, 5.41) is 0.726. The zero-order chi connectivity index (χ0) is 11.8. The van der Waals surface area contributed by atoms with Crippen molar-refractivity contribution in [2.75, 3.05) is 0 Å². The molecule has 0 aliphatic carbocycles. The number of thioether (sulfide) groups is 1.